The van der Waals surface area contributed by atoms with Gasteiger partial charge in [-0.1, -0.05) is 42.5 Å². The van der Waals surface area contributed by atoms with E-state index in [1.165, 1.54) is 6.07 Å². The molecule has 2 atom stereocenters. The van der Waals surface area contributed by atoms with Gasteiger partial charge in [-0.05, 0) is 49.9 Å². The van der Waals surface area contributed by atoms with Gasteiger partial charge in [-0.25, -0.2) is 16.8 Å². The molecule has 2 heterocycles. The van der Waals surface area contributed by atoms with Crippen LogP contribution in [-0.4, -0.2) is 44.2 Å². The summed E-state index contributed by atoms with van der Waals surface area (Å²) in [5.74, 6) is 0. The Kier molecular flexibility index (Phi) is 6.24. The number of nitrogens with zero attached hydrogens (tertiary/aromatic N) is 2. The minimum Gasteiger partial charge on any atom is -0.372 e. The molecule has 0 aliphatic carbocycles. The molecule has 2 unspecified atom stereocenters. The van der Waals surface area contributed by atoms with Gasteiger partial charge in [-0.15, -0.1) is 0 Å². The molecule has 0 N–H and O–H groups in total. The fourth-order valence-electron chi connectivity index (χ4n) is 4.20. The maximum Gasteiger partial charge on any atom is 0.194 e. The highest BCUT2D eigenvalue weighted by Gasteiger charge is 2.46. The normalized spacial score (nSPS) is 21.7. The van der Waals surface area contributed by atoms with Gasteiger partial charge in [0, 0.05) is 18.9 Å². The second-order valence-electron chi connectivity index (χ2n) is 8.91. The van der Waals surface area contributed by atoms with E-state index in [-0.39, 0.29) is 18.1 Å². The van der Waals surface area contributed by atoms with E-state index in [0.717, 1.165) is 17.4 Å². The first-order valence-corrected chi connectivity index (χ1v) is 14.1. The van der Waals surface area contributed by atoms with Crippen LogP contribution >= 0.6 is 0 Å². The lowest BCUT2D eigenvalue weighted by Crippen LogP contribution is -2.42. The van der Waals surface area contributed by atoms with Crippen molar-refractivity contribution in [3.63, 3.8) is 0 Å². The van der Waals surface area contributed by atoms with Crippen LogP contribution in [0.5, 0.6) is 0 Å². The average molecular weight is 489 g/mol. The summed E-state index contributed by atoms with van der Waals surface area (Å²) in [5.41, 5.74) is 2.39. The van der Waals surface area contributed by atoms with Crippen molar-refractivity contribution in [3.05, 3.63) is 77.5 Å². The van der Waals surface area contributed by atoms with Gasteiger partial charge in [0.2, 0.25) is 0 Å². The van der Waals surface area contributed by atoms with Crippen molar-refractivity contribution in [3.8, 4) is 0 Å². The predicted octanol–water partition coefficient (Wildman–Crippen LogP) is 3.73. The van der Waals surface area contributed by atoms with Crippen molar-refractivity contribution in [2.75, 3.05) is 12.9 Å². The molecule has 1 aliphatic heterocycles. The Bertz CT molecular complexity index is 1360. The minimum absolute atomic E-state index is 0.0501. The summed E-state index contributed by atoms with van der Waals surface area (Å²) < 4.78 is 58.2. The summed E-state index contributed by atoms with van der Waals surface area (Å²) in [6.07, 6.45) is 1.06. The number of rotatable bonds is 6. The third-order valence-corrected chi connectivity index (χ3v) is 9.69. The largest absolute Gasteiger partial charge is 0.372 e. The molecule has 0 bridgehead atoms. The number of hydrogen-bond acceptors (Lipinski definition) is 6. The first-order chi connectivity index (χ1) is 15.5. The second-order valence-corrected chi connectivity index (χ2v) is 13.3. The van der Waals surface area contributed by atoms with E-state index in [2.05, 4.69) is 5.10 Å². The van der Waals surface area contributed by atoms with Crippen molar-refractivity contribution in [1.82, 2.24) is 9.78 Å². The van der Waals surface area contributed by atoms with Crippen LogP contribution in [-0.2, 0) is 31.0 Å². The monoisotopic (exact) mass is 488 g/mol. The molecule has 1 aliphatic rings. The van der Waals surface area contributed by atoms with Crippen LogP contribution in [0.15, 0.2) is 70.6 Å². The van der Waals surface area contributed by atoms with Gasteiger partial charge in [0.15, 0.2) is 24.7 Å². The van der Waals surface area contributed by atoms with Gasteiger partial charge < -0.3 is 4.74 Å². The quantitative estimate of drug-likeness (QED) is 0.525. The van der Waals surface area contributed by atoms with E-state index in [0.29, 0.717) is 23.6 Å². The third kappa shape index (κ3) is 4.76. The summed E-state index contributed by atoms with van der Waals surface area (Å²) in [5, 5.41) is 4.28. The van der Waals surface area contributed by atoms with Gasteiger partial charge in [0.25, 0.3) is 0 Å². The molecule has 9 heteroatoms. The molecule has 33 heavy (non-hydrogen) atoms. The van der Waals surface area contributed by atoms with Crippen molar-refractivity contribution < 1.29 is 21.6 Å². The van der Waals surface area contributed by atoms with Crippen LogP contribution in [0.3, 0.4) is 0 Å². The van der Waals surface area contributed by atoms with Gasteiger partial charge in [-0.2, -0.15) is 5.10 Å². The molecular formula is C24H28N2O5S2. The fourth-order valence-corrected chi connectivity index (χ4v) is 6.67. The Morgan fingerprint density at radius 3 is 2.45 bits per heavy atom. The van der Waals surface area contributed by atoms with Gasteiger partial charge in [-0.3, -0.25) is 4.68 Å². The molecule has 0 radical (unpaired) electrons. The lowest BCUT2D eigenvalue weighted by molar-refractivity contribution is -0.00458. The molecule has 1 fully saturated rings. The molecule has 0 spiro atoms. The highest BCUT2D eigenvalue weighted by atomic mass is 32.2. The molecule has 176 valence electrons. The molecule has 3 aromatic rings. The van der Waals surface area contributed by atoms with Crippen LogP contribution in [0.4, 0.5) is 0 Å². The first-order valence-electron chi connectivity index (χ1n) is 10.7. The Balaban J connectivity index is 1.72. The van der Waals surface area contributed by atoms with Crippen molar-refractivity contribution in [1.29, 1.82) is 0 Å². The van der Waals surface area contributed by atoms with E-state index in [4.69, 9.17) is 4.74 Å². The fraction of sp³-hybridized carbons (Fsp3) is 0.375. The summed E-state index contributed by atoms with van der Waals surface area (Å²) in [6.45, 7) is 4.21. The molecule has 1 saturated heterocycles. The molecule has 1 aromatic heterocycles. The number of aryl methyl sites for hydroxylation is 1. The maximum atomic E-state index is 13.6. The van der Waals surface area contributed by atoms with Gasteiger partial charge in [0.05, 0.1) is 21.9 Å². The Morgan fingerprint density at radius 2 is 1.79 bits per heavy atom. The number of benzene rings is 2. The summed E-state index contributed by atoms with van der Waals surface area (Å²) in [6, 6.07) is 18.0. The van der Waals surface area contributed by atoms with Crippen molar-refractivity contribution >= 4 is 19.7 Å². The van der Waals surface area contributed by atoms with Crippen molar-refractivity contribution in [2.24, 2.45) is 0 Å². The summed E-state index contributed by atoms with van der Waals surface area (Å²) >= 11 is 0. The van der Waals surface area contributed by atoms with Crippen LogP contribution in [0.2, 0.25) is 0 Å². The van der Waals surface area contributed by atoms with Crippen molar-refractivity contribution in [2.45, 2.75) is 54.0 Å². The predicted molar refractivity (Wildman–Crippen MR) is 126 cm³/mol. The van der Waals surface area contributed by atoms with Gasteiger partial charge >= 0.3 is 0 Å². The maximum absolute atomic E-state index is 13.6. The molecule has 4 rings (SSSR count). The Hall–Kier alpha value is -2.49. The smallest absolute Gasteiger partial charge is 0.194 e. The van der Waals surface area contributed by atoms with Crippen LogP contribution in [0.25, 0.3) is 0 Å². The molecular weight excluding hydrogens is 460 g/mol. The number of ether oxygens (including phenoxy) is 1. The van der Waals surface area contributed by atoms with E-state index in [1.807, 2.05) is 43.3 Å². The number of sulfone groups is 2. The molecule has 0 amide bonds. The number of hydrogen-bond donors (Lipinski definition) is 0. The standard InChI is InChI=1S/C24H28N2O5S2/c1-18-8-7-11-20(14-18)33(29,30)24(2)12-13-31-22(16-24)21-15-23(32(3,27)28)25-26(21)17-19-9-5-4-6-10-19/h4-11,14-15,22H,12-13,16-17H2,1-3H3. The zero-order valence-corrected chi connectivity index (χ0v) is 20.6. The van der Waals surface area contributed by atoms with E-state index in [1.54, 1.807) is 29.8 Å². The molecule has 2 aromatic carbocycles. The highest BCUT2D eigenvalue weighted by Crippen LogP contribution is 2.42. The molecule has 0 saturated carbocycles. The third-order valence-electron chi connectivity index (χ3n) is 6.19. The minimum atomic E-state index is -3.65. The van der Waals surface area contributed by atoms with Crippen LogP contribution in [0, 0.1) is 6.92 Å². The topological polar surface area (TPSA) is 95.3 Å². The second kappa shape index (κ2) is 8.70. The van der Waals surface area contributed by atoms with Crippen LogP contribution in [0.1, 0.15) is 42.7 Å². The van der Waals surface area contributed by atoms with E-state index >= 15 is 0 Å². The summed E-state index contributed by atoms with van der Waals surface area (Å²) in [7, 11) is -7.19. The SMILES string of the molecule is Cc1cccc(S(=O)(=O)C2(C)CCOC(c3cc(S(C)(=O)=O)nn3Cc3ccccc3)C2)c1. The highest BCUT2D eigenvalue weighted by molar-refractivity contribution is 7.92. The Morgan fingerprint density at radius 1 is 1.06 bits per heavy atom. The first kappa shape index (κ1) is 23.7. The van der Waals surface area contributed by atoms with Crippen LogP contribution < -0.4 is 0 Å². The van der Waals surface area contributed by atoms with E-state index < -0.39 is 30.5 Å². The Labute approximate surface area is 195 Å². The zero-order valence-electron chi connectivity index (χ0n) is 18.9. The summed E-state index contributed by atoms with van der Waals surface area (Å²) in [4.78, 5) is 0.292. The lowest BCUT2D eigenvalue weighted by atomic mass is 9.95. The average Bonchev–Trinajstić information content (AvgIpc) is 3.19. The lowest BCUT2D eigenvalue weighted by Gasteiger charge is -2.37. The van der Waals surface area contributed by atoms with Gasteiger partial charge in [0.1, 0.15) is 6.10 Å². The van der Waals surface area contributed by atoms with E-state index in [9.17, 15) is 16.8 Å². The zero-order chi connectivity index (χ0) is 23.9. The number of aromatic nitrogens is 2. The molecule has 7 nitrogen and oxygen atoms in total.